The largest absolute Gasteiger partial charge is 0.277 e. The quantitative estimate of drug-likeness (QED) is 0.687. The smallest absolute Gasteiger partial charge is 0.271 e. The van der Waals surface area contributed by atoms with Gasteiger partial charge in [0.2, 0.25) is 0 Å². The lowest BCUT2D eigenvalue weighted by Crippen LogP contribution is -2.35. The zero-order valence-corrected chi connectivity index (χ0v) is 8.91. The lowest BCUT2D eigenvalue weighted by Gasteiger charge is -2.25. The topological polar surface area (TPSA) is 42.4 Å². The van der Waals surface area contributed by atoms with Gasteiger partial charge in [-0.2, -0.15) is 0 Å². The first-order valence-electron chi connectivity index (χ1n) is 4.84. The number of aromatic nitrogens is 1. The summed E-state index contributed by atoms with van der Waals surface area (Å²) in [5.74, 6) is -0.154. The second-order valence-corrected chi connectivity index (χ2v) is 3.70. The third-order valence-corrected chi connectivity index (χ3v) is 2.41. The summed E-state index contributed by atoms with van der Waals surface area (Å²) in [7, 11) is 0. The van der Waals surface area contributed by atoms with Gasteiger partial charge in [-0.25, -0.2) is 10.0 Å². The molecule has 0 radical (unpaired) electrons. The fraction of sp³-hybridized carbons (Fsp3) is 0.400. The molecule has 1 aliphatic heterocycles. The molecule has 80 valence electrons. The Bertz CT molecular complexity index is 364. The van der Waals surface area contributed by atoms with Gasteiger partial charge in [0.25, 0.3) is 5.91 Å². The van der Waals surface area contributed by atoms with Crippen molar-refractivity contribution in [3.8, 4) is 0 Å². The summed E-state index contributed by atoms with van der Waals surface area (Å²) in [4.78, 5) is 20.9. The summed E-state index contributed by atoms with van der Waals surface area (Å²) in [5.41, 5.74) is 0.511. The molecule has 0 bridgehead atoms. The predicted octanol–water partition coefficient (Wildman–Crippen LogP) is 1.90. The van der Waals surface area contributed by atoms with E-state index >= 15 is 0 Å². The van der Waals surface area contributed by atoms with Crippen LogP contribution in [0.15, 0.2) is 18.3 Å². The maximum atomic E-state index is 11.9. The van der Waals surface area contributed by atoms with E-state index in [4.69, 9.17) is 16.4 Å². The SMILES string of the molecule is O=C(c1ccnc(Cl)c1)N1CCCCO1. The Morgan fingerprint density at radius 2 is 2.40 bits per heavy atom. The van der Waals surface area contributed by atoms with E-state index in [0.717, 1.165) is 12.8 Å². The molecule has 1 aliphatic rings. The molecule has 2 rings (SSSR count). The fourth-order valence-corrected chi connectivity index (χ4v) is 1.61. The highest BCUT2D eigenvalue weighted by molar-refractivity contribution is 6.29. The predicted molar refractivity (Wildman–Crippen MR) is 55.5 cm³/mol. The molecule has 0 spiro atoms. The van der Waals surface area contributed by atoms with Gasteiger partial charge in [0.05, 0.1) is 6.61 Å². The fourth-order valence-electron chi connectivity index (χ4n) is 1.44. The Labute approximate surface area is 92.8 Å². The summed E-state index contributed by atoms with van der Waals surface area (Å²) in [6.07, 6.45) is 3.49. The molecule has 1 fully saturated rings. The summed E-state index contributed by atoms with van der Waals surface area (Å²) in [5, 5.41) is 1.70. The molecule has 1 aromatic rings. The van der Waals surface area contributed by atoms with Crippen LogP contribution in [0, 0.1) is 0 Å². The van der Waals surface area contributed by atoms with Gasteiger partial charge in [-0.15, -0.1) is 0 Å². The molecule has 4 nitrogen and oxygen atoms in total. The monoisotopic (exact) mass is 226 g/mol. The average molecular weight is 227 g/mol. The second-order valence-electron chi connectivity index (χ2n) is 3.31. The van der Waals surface area contributed by atoms with Gasteiger partial charge >= 0.3 is 0 Å². The number of hydrogen-bond acceptors (Lipinski definition) is 3. The average Bonchev–Trinajstić information content (AvgIpc) is 2.29. The van der Waals surface area contributed by atoms with Crippen molar-refractivity contribution in [3.05, 3.63) is 29.0 Å². The van der Waals surface area contributed by atoms with Gasteiger partial charge in [0.15, 0.2) is 0 Å². The van der Waals surface area contributed by atoms with Crippen molar-refractivity contribution in [1.29, 1.82) is 0 Å². The minimum atomic E-state index is -0.154. The van der Waals surface area contributed by atoms with Gasteiger partial charge in [0, 0.05) is 18.3 Å². The number of hydroxylamine groups is 2. The maximum Gasteiger partial charge on any atom is 0.277 e. The standard InChI is InChI=1S/C10H11ClN2O2/c11-9-7-8(3-4-12-9)10(14)13-5-1-2-6-15-13/h3-4,7H,1-2,5-6H2. The number of rotatable bonds is 1. The Morgan fingerprint density at radius 1 is 1.53 bits per heavy atom. The normalized spacial score (nSPS) is 16.5. The van der Waals surface area contributed by atoms with Crippen molar-refractivity contribution in [2.75, 3.05) is 13.2 Å². The molecule has 0 N–H and O–H groups in total. The number of carbonyl (C=O) groups is 1. The summed E-state index contributed by atoms with van der Waals surface area (Å²) >= 11 is 5.71. The Morgan fingerprint density at radius 3 is 3.07 bits per heavy atom. The van der Waals surface area contributed by atoms with Crippen LogP contribution in [0.25, 0.3) is 0 Å². The van der Waals surface area contributed by atoms with Crippen LogP contribution in [0.5, 0.6) is 0 Å². The Balaban J connectivity index is 2.12. The summed E-state index contributed by atoms with van der Waals surface area (Å²) in [6, 6.07) is 3.17. The molecular weight excluding hydrogens is 216 g/mol. The van der Waals surface area contributed by atoms with Gasteiger partial charge < -0.3 is 0 Å². The van der Waals surface area contributed by atoms with E-state index < -0.39 is 0 Å². The van der Waals surface area contributed by atoms with Crippen LogP contribution >= 0.6 is 11.6 Å². The molecule has 2 heterocycles. The van der Waals surface area contributed by atoms with Gasteiger partial charge in [-0.3, -0.25) is 9.63 Å². The molecule has 0 unspecified atom stereocenters. The lowest BCUT2D eigenvalue weighted by molar-refractivity contribution is -0.144. The lowest BCUT2D eigenvalue weighted by atomic mass is 10.2. The van der Waals surface area contributed by atoms with E-state index in [1.165, 1.54) is 11.3 Å². The zero-order valence-electron chi connectivity index (χ0n) is 8.15. The van der Waals surface area contributed by atoms with Crippen LogP contribution in [-0.2, 0) is 4.84 Å². The zero-order chi connectivity index (χ0) is 10.7. The number of halogens is 1. The number of nitrogens with zero attached hydrogens (tertiary/aromatic N) is 2. The van der Waals surface area contributed by atoms with Crippen LogP contribution in [0.1, 0.15) is 23.2 Å². The number of amides is 1. The van der Waals surface area contributed by atoms with E-state index in [0.29, 0.717) is 23.9 Å². The molecular formula is C10H11ClN2O2. The van der Waals surface area contributed by atoms with Crippen molar-refractivity contribution in [3.63, 3.8) is 0 Å². The highest BCUT2D eigenvalue weighted by atomic mass is 35.5. The molecule has 15 heavy (non-hydrogen) atoms. The molecule has 5 heteroatoms. The van der Waals surface area contributed by atoms with E-state index in [9.17, 15) is 4.79 Å². The highest BCUT2D eigenvalue weighted by Crippen LogP contribution is 2.13. The van der Waals surface area contributed by atoms with Crippen molar-refractivity contribution in [1.82, 2.24) is 10.0 Å². The molecule has 1 amide bonds. The first kappa shape index (κ1) is 10.4. The summed E-state index contributed by atoms with van der Waals surface area (Å²) in [6.45, 7) is 1.24. The molecule has 0 atom stereocenters. The molecule has 0 aromatic carbocycles. The number of pyridine rings is 1. The summed E-state index contributed by atoms with van der Waals surface area (Å²) < 4.78 is 0. The minimum Gasteiger partial charge on any atom is -0.271 e. The Hall–Kier alpha value is -1.13. The van der Waals surface area contributed by atoms with E-state index in [-0.39, 0.29) is 5.91 Å². The first-order chi connectivity index (χ1) is 7.27. The van der Waals surface area contributed by atoms with Crippen molar-refractivity contribution in [2.24, 2.45) is 0 Å². The Kier molecular flexibility index (Phi) is 3.18. The van der Waals surface area contributed by atoms with Crippen molar-refractivity contribution >= 4 is 17.5 Å². The van der Waals surface area contributed by atoms with E-state index in [1.807, 2.05) is 0 Å². The first-order valence-corrected chi connectivity index (χ1v) is 5.21. The third-order valence-electron chi connectivity index (χ3n) is 2.20. The van der Waals surface area contributed by atoms with Crippen LogP contribution in [-0.4, -0.2) is 29.1 Å². The third kappa shape index (κ3) is 2.46. The minimum absolute atomic E-state index is 0.154. The van der Waals surface area contributed by atoms with Crippen LogP contribution in [0.3, 0.4) is 0 Å². The van der Waals surface area contributed by atoms with Crippen LogP contribution in [0.4, 0.5) is 0 Å². The van der Waals surface area contributed by atoms with Gasteiger partial charge in [-0.05, 0) is 25.0 Å². The molecule has 1 aromatic heterocycles. The van der Waals surface area contributed by atoms with Crippen molar-refractivity contribution < 1.29 is 9.63 Å². The maximum absolute atomic E-state index is 11.9. The van der Waals surface area contributed by atoms with E-state index in [2.05, 4.69) is 4.98 Å². The highest BCUT2D eigenvalue weighted by Gasteiger charge is 2.19. The number of carbonyl (C=O) groups excluding carboxylic acids is 1. The van der Waals surface area contributed by atoms with Crippen molar-refractivity contribution in [2.45, 2.75) is 12.8 Å². The van der Waals surface area contributed by atoms with E-state index in [1.54, 1.807) is 12.1 Å². The van der Waals surface area contributed by atoms with Gasteiger partial charge in [-0.1, -0.05) is 11.6 Å². The molecule has 0 aliphatic carbocycles. The molecule has 0 saturated carbocycles. The second kappa shape index (κ2) is 4.59. The van der Waals surface area contributed by atoms with Crippen LogP contribution < -0.4 is 0 Å². The van der Waals surface area contributed by atoms with Crippen LogP contribution in [0.2, 0.25) is 5.15 Å². The number of hydrogen-bond donors (Lipinski definition) is 0. The van der Waals surface area contributed by atoms with Gasteiger partial charge in [0.1, 0.15) is 5.15 Å². The molecule has 1 saturated heterocycles.